The van der Waals surface area contributed by atoms with Crippen LogP contribution in [0, 0.1) is 11.7 Å². The predicted octanol–water partition coefficient (Wildman–Crippen LogP) is 2.77. The Morgan fingerprint density at radius 2 is 2.36 bits per heavy atom. The first kappa shape index (κ1) is 15.7. The van der Waals surface area contributed by atoms with Crippen molar-refractivity contribution in [1.82, 2.24) is 4.90 Å². The zero-order chi connectivity index (χ0) is 15.7. The Hall–Kier alpha value is -1.21. The summed E-state index contributed by atoms with van der Waals surface area (Å²) < 4.78 is 19.9. The number of nitrogens with zero attached hydrogens (tertiary/aromatic N) is 1. The number of ether oxygens (including phenoxy) is 1. The first-order valence-electron chi connectivity index (χ1n) is 6.96. The number of aliphatic hydroxyl groups excluding tert-OH is 1. The topological polar surface area (TPSA) is 49.8 Å². The van der Waals surface area contributed by atoms with E-state index < -0.39 is 5.82 Å². The Balaban J connectivity index is 1.94. The second kappa shape index (κ2) is 6.50. The second-order valence-corrected chi connectivity index (χ2v) is 6.66. The average Bonchev–Trinajstić information content (AvgIpc) is 2.72. The van der Waals surface area contributed by atoms with Crippen LogP contribution in [0.5, 0.6) is 0 Å². The number of halogens is 2. The van der Waals surface area contributed by atoms with Gasteiger partial charge in [-0.1, -0.05) is 17.7 Å². The lowest BCUT2D eigenvalue weighted by Gasteiger charge is -2.22. The lowest BCUT2D eigenvalue weighted by atomic mass is 10.1. The first-order chi connectivity index (χ1) is 10.6. The summed E-state index contributed by atoms with van der Waals surface area (Å²) in [5.74, 6) is -0.781. The number of carbonyl (C=O) groups is 1. The summed E-state index contributed by atoms with van der Waals surface area (Å²) in [5.41, 5.74) is 0. The molecule has 0 bridgehead atoms. The molecule has 1 aliphatic heterocycles. The maximum absolute atomic E-state index is 13.9. The number of aliphatic hydroxyl groups is 1. The fraction of sp³-hybridized carbons (Fsp3) is 0.400. The minimum atomic E-state index is -0.426. The molecule has 118 valence electrons. The summed E-state index contributed by atoms with van der Waals surface area (Å²) >= 11 is 7.42. The summed E-state index contributed by atoms with van der Waals surface area (Å²) in [6.07, 6.45) is 0. The molecule has 1 aromatic carbocycles. The van der Waals surface area contributed by atoms with E-state index in [2.05, 4.69) is 0 Å². The van der Waals surface area contributed by atoms with Gasteiger partial charge in [-0.3, -0.25) is 4.79 Å². The van der Waals surface area contributed by atoms with Crippen LogP contribution in [-0.2, 0) is 4.74 Å². The van der Waals surface area contributed by atoms with Crippen molar-refractivity contribution in [3.8, 4) is 0 Å². The summed E-state index contributed by atoms with van der Waals surface area (Å²) in [7, 11) is 0. The van der Waals surface area contributed by atoms with Crippen LogP contribution < -0.4 is 0 Å². The van der Waals surface area contributed by atoms with Gasteiger partial charge in [-0.05, 0) is 12.1 Å². The zero-order valence-corrected chi connectivity index (χ0v) is 13.3. The van der Waals surface area contributed by atoms with Crippen LogP contribution in [0.2, 0.25) is 5.02 Å². The summed E-state index contributed by atoms with van der Waals surface area (Å²) in [6, 6.07) is 4.67. The van der Waals surface area contributed by atoms with Gasteiger partial charge in [-0.15, -0.1) is 11.3 Å². The van der Waals surface area contributed by atoms with Gasteiger partial charge in [0.2, 0.25) is 0 Å². The quantitative estimate of drug-likeness (QED) is 0.912. The molecule has 1 fully saturated rings. The van der Waals surface area contributed by atoms with Crippen LogP contribution in [0.1, 0.15) is 9.67 Å². The van der Waals surface area contributed by atoms with E-state index in [-0.39, 0.29) is 23.5 Å². The van der Waals surface area contributed by atoms with Gasteiger partial charge < -0.3 is 14.7 Å². The minimum Gasteiger partial charge on any atom is -0.396 e. The van der Waals surface area contributed by atoms with Crippen LogP contribution in [0.4, 0.5) is 4.39 Å². The van der Waals surface area contributed by atoms with Crippen molar-refractivity contribution >= 4 is 38.9 Å². The molecule has 1 unspecified atom stereocenters. The standard InChI is InChI=1S/C15H15ClFNO3S/c16-13-12-10(17)2-1-3-11(12)22-14(13)15(20)18-4-5-21-8-9(6-18)7-19/h1-3,9,19H,4-8H2. The smallest absolute Gasteiger partial charge is 0.265 e. The molecule has 1 atom stereocenters. The van der Waals surface area contributed by atoms with E-state index in [0.29, 0.717) is 41.3 Å². The van der Waals surface area contributed by atoms with Gasteiger partial charge in [-0.25, -0.2) is 4.39 Å². The van der Waals surface area contributed by atoms with Gasteiger partial charge in [0.1, 0.15) is 10.7 Å². The van der Waals surface area contributed by atoms with Crippen molar-refractivity contribution in [2.75, 3.05) is 32.9 Å². The number of hydrogen-bond donors (Lipinski definition) is 1. The Kier molecular flexibility index (Phi) is 4.63. The molecule has 2 aromatic rings. The van der Waals surface area contributed by atoms with Crippen LogP contribution >= 0.6 is 22.9 Å². The average molecular weight is 344 g/mol. The Morgan fingerprint density at radius 3 is 3.09 bits per heavy atom. The van der Waals surface area contributed by atoms with E-state index >= 15 is 0 Å². The van der Waals surface area contributed by atoms with E-state index in [0.717, 1.165) is 0 Å². The van der Waals surface area contributed by atoms with E-state index in [9.17, 15) is 14.3 Å². The van der Waals surface area contributed by atoms with Crippen LogP contribution in [0.25, 0.3) is 10.1 Å². The number of hydrogen-bond acceptors (Lipinski definition) is 4. The van der Waals surface area contributed by atoms with E-state index in [1.54, 1.807) is 17.0 Å². The van der Waals surface area contributed by atoms with E-state index in [1.165, 1.54) is 17.4 Å². The lowest BCUT2D eigenvalue weighted by Crippen LogP contribution is -2.36. The maximum atomic E-state index is 13.9. The molecular weight excluding hydrogens is 329 g/mol. The van der Waals surface area contributed by atoms with Crippen LogP contribution in [0.15, 0.2) is 18.2 Å². The van der Waals surface area contributed by atoms with Crippen molar-refractivity contribution in [3.05, 3.63) is 33.9 Å². The fourth-order valence-electron chi connectivity index (χ4n) is 2.53. The molecule has 1 aliphatic rings. The Morgan fingerprint density at radius 1 is 1.55 bits per heavy atom. The highest BCUT2D eigenvalue weighted by Crippen LogP contribution is 2.37. The molecule has 1 N–H and O–H groups in total. The third-order valence-corrected chi connectivity index (χ3v) is 5.32. The van der Waals surface area contributed by atoms with Crippen molar-refractivity contribution in [2.24, 2.45) is 5.92 Å². The molecule has 1 aromatic heterocycles. The van der Waals surface area contributed by atoms with Crippen LogP contribution in [-0.4, -0.2) is 48.8 Å². The Bertz CT molecular complexity index is 705. The molecule has 0 spiro atoms. The van der Waals surface area contributed by atoms with E-state index in [4.69, 9.17) is 16.3 Å². The third kappa shape index (κ3) is 2.84. The van der Waals surface area contributed by atoms with E-state index in [1.807, 2.05) is 0 Å². The van der Waals surface area contributed by atoms with Crippen molar-refractivity contribution in [3.63, 3.8) is 0 Å². The number of rotatable bonds is 2. The van der Waals surface area contributed by atoms with Gasteiger partial charge in [0.05, 0.1) is 18.2 Å². The number of benzene rings is 1. The number of amides is 1. The van der Waals surface area contributed by atoms with Gasteiger partial charge in [0, 0.05) is 35.7 Å². The molecule has 3 rings (SSSR count). The molecule has 2 heterocycles. The number of thiophene rings is 1. The zero-order valence-electron chi connectivity index (χ0n) is 11.7. The highest BCUT2D eigenvalue weighted by atomic mass is 35.5. The monoisotopic (exact) mass is 343 g/mol. The SMILES string of the molecule is O=C(c1sc2cccc(F)c2c1Cl)N1CCOCC(CO)C1. The predicted molar refractivity (Wildman–Crippen MR) is 84.1 cm³/mol. The molecular formula is C15H15ClFNO3S. The highest BCUT2D eigenvalue weighted by molar-refractivity contribution is 7.21. The number of fused-ring (bicyclic) bond motifs is 1. The molecule has 4 nitrogen and oxygen atoms in total. The second-order valence-electron chi connectivity index (χ2n) is 5.23. The minimum absolute atomic E-state index is 0.0431. The normalized spacial score (nSPS) is 19.4. The largest absolute Gasteiger partial charge is 0.396 e. The Labute approximate surface area is 136 Å². The molecule has 0 saturated carbocycles. The first-order valence-corrected chi connectivity index (χ1v) is 8.15. The van der Waals surface area contributed by atoms with Crippen molar-refractivity contribution in [2.45, 2.75) is 0 Å². The molecule has 0 aliphatic carbocycles. The van der Waals surface area contributed by atoms with Crippen LogP contribution in [0.3, 0.4) is 0 Å². The molecule has 1 amide bonds. The van der Waals surface area contributed by atoms with Gasteiger partial charge in [0.25, 0.3) is 5.91 Å². The van der Waals surface area contributed by atoms with Gasteiger partial charge in [-0.2, -0.15) is 0 Å². The highest BCUT2D eigenvalue weighted by Gasteiger charge is 2.27. The van der Waals surface area contributed by atoms with Crippen molar-refractivity contribution < 1.29 is 19.0 Å². The summed E-state index contributed by atoms with van der Waals surface area (Å²) in [4.78, 5) is 14.7. The number of carbonyl (C=O) groups excluding carboxylic acids is 1. The van der Waals surface area contributed by atoms with Gasteiger partial charge >= 0.3 is 0 Å². The molecule has 1 saturated heterocycles. The summed E-state index contributed by atoms with van der Waals surface area (Å²) in [5, 5.41) is 9.76. The van der Waals surface area contributed by atoms with Crippen molar-refractivity contribution in [1.29, 1.82) is 0 Å². The maximum Gasteiger partial charge on any atom is 0.265 e. The summed E-state index contributed by atoms with van der Waals surface area (Å²) in [6.45, 7) is 1.64. The fourth-order valence-corrected chi connectivity index (χ4v) is 4.05. The molecule has 0 radical (unpaired) electrons. The third-order valence-electron chi connectivity index (χ3n) is 3.68. The molecule has 22 heavy (non-hydrogen) atoms. The lowest BCUT2D eigenvalue weighted by molar-refractivity contribution is 0.0733. The van der Waals surface area contributed by atoms with Gasteiger partial charge in [0.15, 0.2) is 0 Å². The molecule has 7 heteroatoms.